The summed E-state index contributed by atoms with van der Waals surface area (Å²) in [6.07, 6.45) is 0. The lowest BCUT2D eigenvalue weighted by Gasteiger charge is -2.08. The highest BCUT2D eigenvalue weighted by Gasteiger charge is 2.40. The molecule has 1 unspecified atom stereocenters. The van der Waals surface area contributed by atoms with Crippen molar-refractivity contribution in [3.63, 3.8) is 0 Å². The second kappa shape index (κ2) is 3.46. The first kappa shape index (κ1) is 9.27. The van der Waals surface area contributed by atoms with Gasteiger partial charge in [-0.15, -0.1) is 0 Å². The van der Waals surface area contributed by atoms with E-state index in [2.05, 4.69) is 29.5 Å². The molecule has 2 rings (SSSR count). The van der Waals surface area contributed by atoms with Crippen LogP contribution in [0.1, 0.15) is 6.92 Å². The molecule has 2 nitrogen and oxygen atoms in total. The first-order valence-corrected chi connectivity index (χ1v) is 5.28. The Morgan fingerprint density at radius 1 is 1.62 bits per heavy atom. The van der Waals surface area contributed by atoms with Crippen molar-refractivity contribution in [3.05, 3.63) is 27.8 Å². The summed E-state index contributed by atoms with van der Waals surface area (Å²) < 4.78 is 12.0. The van der Waals surface area contributed by atoms with Crippen LogP contribution in [0.15, 0.2) is 24.3 Å². The number of ether oxygens (including phenoxy) is 2. The lowest BCUT2D eigenvalue weighted by molar-refractivity contribution is 0.202. The van der Waals surface area contributed by atoms with Gasteiger partial charge in [0.2, 0.25) is 0 Å². The average molecular weight is 290 g/mol. The van der Waals surface area contributed by atoms with Crippen molar-refractivity contribution in [1.29, 1.82) is 0 Å². The van der Waals surface area contributed by atoms with Gasteiger partial charge in [0, 0.05) is 3.57 Å². The molecule has 0 bridgehead atoms. The Bertz CT molecular complexity index is 308. The van der Waals surface area contributed by atoms with Crippen molar-refractivity contribution in [2.75, 3.05) is 13.2 Å². The van der Waals surface area contributed by atoms with E-state index in [-0.39, 0.29) is 5.60 Å². The molecular weight excluding hydrogens is 279 g/mol. The van der Waals surface area contributed by atoms with Crippen LogP contribution >= 0.6 is 22.6 Å². The van der Waals surface area contributed by atoms with Gasteiger partial charge in [0.15, 0.2) is 0 Å². The summed E-state index contributed by atoms with van der Waals surface area (Å²) in [6.45, 7) is 3.52. The fourth-order valence-corrected chi connectivity index (χ4v) is 1.51. The van der Waals surface area contributed by atoms with E-state index in [1.807, 2.05) is 24.3 Å². The van der Waals surface area contributed by atoms with Crippen LogP contribution in [0.5, 0.6) is 5.75 Å². The minimum absolute atomic E-state index is 0.0265. The number of rotatable bonds is 3. The van der Waals surface area contributed by atoms with Crippen LogP contribution in [0, 0.1) is 3.57 Å². The molecule has 1 aliphatic rings. The van der Waals surface area contributed by atoms with Gasteiger partial charge in [-0.1, -0.05) is 6.07 Å². The molecule has 0 N–H and O–H groups in total. The largest absolute Gasteiger partial charge is 0.490 e. The Balaban J connectivity index is 1.94. The molecule has 0 aliphatic carbocycles. The van der Waals surface area contributed by atoms with Crippen LogP contribution < -0.4 is 4.74 Å². The van der Waals surface area contributed by atoms with Gasteiger partial charge in [-0.2, -0.15) is 0 Å². The van der Waals surface area contributed by atoms with Gasteiger partial charge in [0.25, 0.3) is 0 Å². The Hall–Kier alpha value is -0.290. The molecule has 1 aliphatic heterocycles. The van der Waals surface area contributed by atoms with E-state index in [0.717, 1.165) is 12.4 Å². The molecule has 1 saturated heterocycles. The van der Waals surface area contributed by atoms with Gasteiger partial charge < -0.3 is 9.47 Å². The number of hydrogen-bond acceptors (Lipinski definition) is 2. The number of hydrogen-bond donors (Lipinski definition) is 0. The Morgan fingerprint density at radius 2 is 2.38 bits per heavy atom. The minimum atomic E-state index is -0.0265. The molecule has 1 aromatic carbocycles. The van der Waals surface area contributed by atoms with E-state index in [9.17, 15) is 0 Å². The third-order valence-electron chi connectivity index (χ3n) is 1.98. The first-order chi connectivity index (χ1) is 6.18. The zero-order valence-corrected chi connectivity index (χ0v) is 9.58. The second-order valence-electron chi connectivity index (χ2n) is 3.48. The van der Waals surface area contributed by atoms with E-state index in [4.69, 9.17) is 9.47 Å². The summed E-state index contributed by atoms with van der Waals surface area (Å²) >= 11 is 2.27. The van der Waals surface area contributed by atoms with Gasteiger partial charge >= 0.3 is 0 Å². The van der Waals surface area contributed by atoms with Crippen LogP contribution in [0.2, 0.25) is 0 Å². The maximum atomic E-state index is 5.58. The minimum Gasteiger partial charge on any atom is -0.490 e. The molecule has 0 amide bonds. The molecule has 0 saturated carbocycles. The fourth-order valence-electron chi connectivity index (χ4n) is 0.999. The fraction of sp³-hybridized carbons (Fsp3) is 0.400. The molecule has 1 aromatic rings. The molecule has 1 atom stereocenters. The van der Waals surface area contributed by atoms with Gasteiger partial charge in [0.1, 0.15) is 18.0 Å². The maximum Gasteiger partial charge on any atom is 0.123 e. The lowest BCUT2D eigenvalue weighted by Crippen LogP contribution is -2.16. The van der Waals surface area contributed by atoms with E-state index >= 15 is 0 Å². The standard InChI is InChI=1S/C10H11IO2/c1-10(7-13-10)6-12-9-4-2-3-8(11)5-9/h2-5H,6-7H2,1H3. The number of epoxide rings is 1. The topological polar surface area (TPSA) is 21.8 Å². The highest BCUT2D eigenvalue weighted by atomic mass is 127. The van der Waals surface area contributed by atoms with Gasteiger partial charge in [-0.25, -0.2) is 0 Å². The van der Waals surface area contributed by atoms with Crippen LogP contribution in [-0.4, -0.2) is 18.8 Å². The van der Waals surface area contributed by atoms with Crippen LogP contribution in [0.3, 0.4) is 0 Å². The SMILES string of the molecule is CC1(COc2cccc(I)c2)CO1. The molecule has 3 heteroatoms. The van der Waals surface area contributed by atoms with E-state index in [1.54, 1.807) is 0 Å². The Morgan fingerprint density at radius 3 is 3.00 bits per heavy atom. The quantitative estimate of drug-likeness (QED) is 0.630. The van der Waals surface area contributed by atoms with Crippen molar-refractivity contribution in [1.82, 2.24) is 0 Å². The van der Waals surface area contributed by atoms with Gasteiger partial charge in [0.05, 0.1) is 6.61 Å². The third kappa shape index (κ3) is 2.57. The highest BCUT2D eigenvalue weighted by Crippen LogP contribution is 2.27. The second-order valence-corrected chi connectivity index (χ2v) is 4.73. The van der Waals surface area contributed by atoms with Crippen molar-refractivity contribution >= 4 is 22.6 Å². The summed E-state index contributed by atoms with van der Waals surface area (Å²) in [4.78, 5) is 0. The molecule has 1 fully saturated rings. The van der Waals surface area contributed by atoms with Crippen LogP contribution in [0.4, 0.5) is 0 Å². The molecule has 0 aromatic heterocycles. The Kier molecular flexibility index (Phi) is 2.47. The van der Waals surface area contributed by atoms with Crippen molar-refractivity contribution in [2.45, 2.75) is 12.5 Å². The first-order valence-electron chi connectivity index (χ1n) is 4.20. The molecular formula is C10H11IO2. The van der Waals surface area contributed by atoms with Gasteiger partial charge in [-0.3, -0.25) is 0 Å². The number of benzene rings is 1. The Labute approximate surface area is 91.4 Å². The zero-order chi connectivity index (χ0) is 9.31. The summed E-state index contributed by atoms with van der Waals surface area (Å²) in [5.41, 5.74) is -0.0265. The van der Waals surface area contributed by atoms with Crippen molar-refractivity contribution in [3.8, 4) is 5.75 Å². The molecule has 0 spiro atoms. The predicted molar refractivity (Wildman–Crippen MR) is 59.0 cm³/mol. The molecule has 70 valence electrons. The normalized spacial score (nSPS) is 25.7. The zero-order valence-electron chi connectivity index (χ0n) is 7.42. The van der Waals surface area contributed by atoms with Crippen LogP contribution in [-0.2, 0) is 4.74 Å². The third-order valence-corrected chi connectivity index (χ3v) is 2.65. The molecule has 13 heavy (non-hydrogen) atoms. The lowest BCUT2D eigenvalue weighted by atomic mass is 10.2. The summed E-state index contributed by atoms with van der Waals surface area (Å²) in [5, 5.41) is 0. The summed E-state index contributed by atoms with van der Waals surface area (Å²) in [7, 11) is 0. The highest BCUT2D eigenvalue weighted by molar-refractivity contribution is 14.1. The summed E-state index contributed by atoms with van der Waals surface area (Å²) in [5.74, 6) is 0.920. The average Bonchev–Trinajstić information content (AvgIpc) is 2.82. The molecule has 1 heterocycles. The smallest absolute Gasteiger partial charge is 0.123 e. The maximum absolute atomic E-state index is 5.58. The summed E-state index contributed by atoms with van der Waals surface area (Å²) in [6, 6.07) is 8.02. The predicted octanol–water partition coefficient (Wildman–Crippen LogP) is 2.46. The molecule has 0 radical (unpaired) electrons. The van der Waals surface area contributed by atoms with E-state index < -0.39 is 0 Å². The van der Waals surface area contributed by atoms with Gasteiger partial charge in [-0.05, 0) is 47.7 Å². The van der Waals surface area contributed by atoms with Crippen molar-refractivity contribution in [2.24, 2.45) is 0 Å². The van der Waals surface area contributed by atoms with E-state index in [0.29, 0.717) is 6.61 Å². The monoisotopic (exact) mass is 290 g/mol. The number of halogens is 1. The van der Waals surface area contributed by atoms with E-state index in [1.165, 1.54) is 3.57 Å². The van der Waals surface area contributed by atoms with Crippen LogP contribution in [0.25, 0.3) is 0 Å². The van der Waals surface area contributed by atoms with Crippen molar-refractivity contribution < 1.29 is 9.47 Å².